The molecule has 3 nitrogen and oxygen atoms in total. The van der Waals surface area contributed by atoms with E-state index in [1.165, 1.54) is 0 Å². The van der Waals surface area contributed by atoms with Crippen molar-refractivity contribution in [1.82, 2.24) is 0 Å². The Morgan fingerprint density at radius 2 is 2.06 bits per heavy atom. The molecule has 0 bridgehead atoms. The fourth-order valence-corrected chi connectivity index (χ4v) is 2.28. The summed E-state index contributed by atoms with van der Waals surface area (Å²) >= 11 is 0. The average molecular weight is 232 g/mol. The summed E-state index contributed by atoms with van der Waals surface area (Å²) in [6, 6.07) is 9.57. The van der Waals surface area contributed by atoms with Crippen molar-refractivity contribution < 1.29 is 14.3 Å². The van der Waals surface area contributed by atoms with Crippen LogP contribution in [0, 0.1) is 11.8 Å². The number of aldehydes is 1. The van der Waals surface area contributed by atoms with Gasteiger partial charge in [0, 0.05) is 5.92 Å². The van der Waals surface area contributed by atoms with Crippen molar-refractivity contribution in [3.63, 3.8) is 0 Å². The molecule has 1 aromatic rings. The van der Waals surface area contributed by atoms with Gasteiger partial charge in [0.2, 0.25) is 0 Å². The molecular weight excluding hydrogens is 216 g/mol. The molecule has 1 unspecified atom stereocenters. The number of carbonyl (C=O) groups is 2. The normalized spacial score (nSPS) is 23.3. The van der Waals surface area contributed by atoms with Crippen LogP contribution < -0.4 is 0 Å². The highest BCUT2D eigenvalue weighted by molar-refractivity contribution is 5.77. The van der Waals surface area contributed by atoms with E-state index < -0.39 is 0 Å². The van der Waals surface area contributed by atoms with Crippen LogP contribution in [0.4, 0.5) is 0 Å². The van der Waals surface area contributed by atoms with E-state index in [0.29, 0.717) is 6.61 Å². The first-order chi connectivity index (χ1) is 8.31. The van der Waals surface area contributed by atoms with Gasteiger partial charge in [-0.25, -0.2) is 0 Å². The molecule has 90 valence electrons. The van der Waals surface area contributed by atoms with E-state index in [2.05, 4.69) is 0 Å². The molecule has 0 radical (unpaired) electrons. The minimum absolute atomic E-state index is 0.140. The van der Waals surface area contributed by atoms with Gasteiger partial charge in [-0.2, -0.15) is 0 Å². The number of carbonyl (C=O) groups excluding carboxylic acids is 2. The molecule has 17 heavy (non-hydrogen) atoms. The molecule has 1 fully saturated rings. The molecule has 0 aromatic heterocycles. The van der Waals surface area contributed by atoms with E-state index >= 15 is 0 Å². The molecule has 1 saturated carbocycles. The fourth-order valence-electron chi connectivity index (χ4n) is 2.28. The fraction of sp³-hybridized carbons (Fsp3) is 0.429. The Hall–Kier alpha value is -1.64. The lowest BCUT2D eigenvalue weighted by molar-refractivity contribution is -0.152. The summed E-state index contributed by atoms with van der Waals surface area (Å²) in [5.74, 6) is -0.599. The summed E-state index contributed by atoms with van der Waals surface area (Å²) in [7, 11) is 0. The third-order valence-electron chi connectivity index (χ3n) is 3.27. The zero-order chi connectivity index (χ0) is 12.1. The molecule has 0 N–H and O–H groups in total. The van der Waals surface area contributed by atoms with Crippen LogP contribution in [-0.4, -0.2) is 12.3 Å². The number of ether oxygens (including phenoxy) is 1. The smallest absolute Gasteiger partial charge is 0.309 e. The van der Waals surface area contributed by atoms with Gasteiger partial charge in [0.1, 0.15) is 12.9 Å². The Balaban J connectivity index is 1.87. The van der Waals surface area contributed by atoms with Crippen molar-refractivity contribution in [3.8, 4) is 0 Å². The summed E-state index contributed by atoms with van der Waals surface area (Å²) in [5.41, 5.74) is 0.974. The second-order valence-corrected chi connectivity index (χ2v) is 4.43. The Morgan fingerprint density at radius 1 is 1.29 bits per heavy atom. The van der Waals surface area contributed by atoms with Crippen LogP contribution in [0.2, 0.25) is 0 Å². The maximum Gasteiger partial charge on any atom is 0.309 e. The predicted molar refractivity (Wildman–Crippen MR) is 63.1 cm³/mol. The summed E-state index contributed by atoms with van der Waals surface area (Å²) in [5, 5.41) is 0. The average Bonchev–Trinajstić information content (AvgIpc) is 2.85. The third kappa shape index (κ3) is 2.93. The maximum absolute atomic E-state index is 11.8. The molecule has 1 aliphatic carbocycles. The summed E-state index contributed by atoms with van der Waals surface area (Å²) in [4.78, 5) is 22.6. The number of hydrogen-bond donors (Lipinski definition) is 0. The van der Waals surface area contributed by atoms with Crippen LogP contribution in [0.3, 0.4) is 0 Å². The first-order valence-corrected chi connectivity index (χ1v) is 5.97. The van der Waals surface area contributed by atoms with Crippen molar-refractivity contribution >= 4 is 12.3 Å². The second kappa shape index (κ2) is 5.62. The minimum Gasteiger partial charge on any atom is -0.461 e. The Morgan fingerprint density at radius 3 is 2.76 bits per heavy atom. The standard InChI is InChI=1S/C14H16O3/c15-9-12-7-4-8-13(12)14(16)17-10-11-5-2-1-3-6-11/h1-3,5-6,9,12-13H,4,7-8,10H2/t12-,13?/m1/s1. The Kier molecular flexibility index (Phi) is 3.91. The van der Waals surface area contributed by atoms with Crippen molar-refractivity contribution in [2.45, 2.75) is 25.9 Å². The van der Waals surface area contributed by atoms with Gasteiger partial charge in [0.05, 0.1) is 5.92 Å². The molecule has 1 aliphatic rings. The van der Waals surface area contributed by atoms with E-state index in [0.717, 1.165) is 31.1 Å². The maximum atomic E-state index is 11.8. The quantitative estimate of drug-likeness (QED) is 0.591. The first-order valence-electron chi connectivity index (χ1n) is 5.97. The SMILES string of the molecule is O=C[C@H]1CCCC1C(=O)OCc1ccccc1. The molecule has 3 heteroatoms. The van der Waals surface area contributed by atoms with Gasteiger partial charge in [-0.05, 0) is 18.4 Å². The van der Waals surface area contributed by atoms with Gasteiger partial charge in [-0.1, -0.05) is 36.8 Å². The number of esters is 1. The van der Waals surface area contributed by atoms with Crippen molar-refractivity contribution in [1.29, 1.82) is 0 Å². The van der Waals surface area contributed by atoms with Gasteiger partial charge in [0.15, 0.2) is 0 Å². The van der Waals surface area contributed by atoms with Gasteiger partial charge < -0.3 is 9.53 Å². The monoisotopic (exact) mass is 232 g/mol. The minimum atomic E-state index is -0.233. The van der Waals surface area contributed by atoms with Gasteiger partial charge in [-0.3, -0.25) is 4.79 Å². The van der Waals surface area contributed by atoms with Crippen LogP contribution in [0.1, 0.15) is 24.8 Å². The molecule has 0 aliphatic heterocycles. The summed E-state index contributed by atoms with van der Waals surface area (Å²) in [6.45, 7) is 0.293. The van der Waals surface area contributed by atoms with Crippen molar-refractivity contribution in [3.05, 3.63) is 35.9 Å². The molecule has 2 atom stereocenters. The Bertz CT molecular complexity index is 386. The zero-order valence-corrected chi connectivity index (χ0v) is 9.67. The molecular formula is C14H16O3. The topological polar surface area (TPSA) is 43.4 Å². The third-order valence-corrected chi connectivity index (χ3v) is 3.27. The lowest BCUT2D eigenvalue weighted by Crippen LogP contribution is -2.22. The van der Waals surface area contributed by atoms with E-state index in [9.17, 15) is 9.59 Å². The molecule has 0 saturated heterocycles. The van der Waals surface area contributed by atoms with Gasteiger partial charge in [-0.15, -0.1) is 0 Å². The van der Waals surface area contributed by atoms with Gasteiger partial charge >= 0.3 is 5.97 Å². The van der Waals surface area contributed by atoms with E-state index in [4.69, 9.17) is 4.74 Å². The highest BCUT2D eigenvalue weighted by atomic mass is 16.5. The van der Waals surface area contributed by atoms with Crippen LogP contribution >= 0.6 is 0 Å². The lowest BCUT2D eigenvalue weighted by atomic mass is 9.98. The van der Waals surface area contributed by atoms with E-state index in [1.54, 1.807) is 0 Å². The largest absolute Gasteiger partial charge is 0.461 e. The predicted octanol–water partition coefficient (Wildman–Crippen LogP) is 2.35. The molecule has 1 aromatic carbocycles. The highest BCUT2D eigenvalue weighted by Gasteiger charge is 2.33. The zero-order valence-electron chi connectivity index (χ0n) is 9.67. The molecule has 0 spiro atoms. The van der Waals surface area contributed by atoms with Gasteiger partial charge in [0.25, 0.3) is 0 Å². The number of benzene rings is 1. The Labute approximate surface area is 101 Å². The second-order valence-electron chi connectivity index (χ2n) is 4.43. The van der Waals surface area contributed by atoms with Crippen molar-refractivity contribution in [2.24, 2.45) is 11.8 Å². The van der Waals surface area contributed by atoms with Crippen LogP contribution in [0.5, 0.6) is 0 Å². The number of hydrogen-bond acceptors (Lipinski definition) is 3. The molecule has 2 rings (SSSR count). The first kappa shape index (κ1) is 11.8. The summed E-state index contributed by atoms with van der Waals surface area (Å²) in [6.07, 6.45) is 3.42. The van der Waals surface area contributed by atoms with Crippen molar-refractivity contribution in [2.75, 3.05) is 0 Å². The summed E-state index contributed by atoms with van der Waals surface area (Å²) < 4.78 is 5.25. The van der Waals surface area contributed by atoms with Crippen LogP contribution in [0.25, 0.3) is 0 Å². The molecule has 0 amide bonds. The van der Waals surface area contributed by atoms with Crippen LogP contribution in [-0.2, 0) is 20.9 Å². The number of rotatable bonds is 4. The molecule has 0 heterocycles. The van der Waals surface area contributed by atoms with Crippen LogP contribution in [0.15, 0.2) is 30.3 Å². The van der Waals surface area contributed by atoms with E-state index in [1.807, 2.05) is 30.3 Å². The lowest BCUT2D eigenvalue weighted by Gasteiger charge is -2.13. The van der Waals surface area contributed by atoms with E-state index in [-0.39, 0.29) is 17.8 Å². The highest BCUT2D eigenvalue weighted by Crippen LogP contribution is 2.31.